The number of hydrogen-bond donors (Lipinski definition) is 1. The molecule has 0 aliphatic carbocycles. The first-order valence-electron chi connectivity index (χ1n) is 6.55. The van der Waals surface area contributed by atoms with Crippen LogP contribution in [0.2, 0.25) is 0 Å². The summed E-state index contributed by atoms with van der Waals surface area (Å²) in [5, 5.41) is 0. The highest BCUT2D eigenvalue weighted by Gasteiger charge is 2.02. The van der Waals surface area contributed by atoms with Gasteiger partial charge in [0.2, 0.25) is 0 Å². The van der Waals surface area contributed by atoms with E-state index in [1.54, 1.807) is 6.20 Å². The van der Waals surface area contributed by atoms with Crippen molar-refractivity contribution in [1.82, 2.24) is 4.98 Å². The summed E-state index contributed by atoms with van der Waals surface area (Å²) in [4.78, 5) is 4.17. The maximum absolute atomic E-state index is 5.81. The Hall–Kier alpha value is -1.87. The predicted molar refractivity (Wildman–Crippen MR) is 77.0 cm³/mol. The van der Waals surface area contributed by atoms with Crippen LogP contribution in [0.15, 0.2) is 42.6 Å². The van der Waals surface area contributed by atoms with E-state index in [1.165, 1.54) is 5.56 Å². The van der Waals surface area contributed by atoms with Crippen LogP contribution < -0.4 is 10.5 Å². The van der Waals surface area contributed by atoms with Crippen molar-refractivity contribution in [1.29, 1.82) is 0 Å². The van der Waals surface area contributed by atoms with Crippen LogP contribution in [0.1, 0.15) is 36.6 Å². The largest absolute Gasteiger partial charge is 0.489 e. The predicted octanol–water partition coefficient (Wildman–Crippen LogP) is 3.24. The lowest BCUT2D eigenvalue weighted by atomic mass is 10.0. The van der Waals surface area contributed by atoms with Gasteiger partial charge in [-0.25, -0.2) is 0 Å². The van der Waals surface area contributed by atoms with Crippen LogP contribution in [0.4, 0.5) is 0 Å². The second-order valence-corrected chi connectivity index (χ2v) is 4.88. The molecule has 0 saturated carbocycles. The Balaban J connectivity index is 2.03. The molecule has 2 N–H and O–H groups in total. The van der Waals surface area contributed by atoms with Crippen LogP contribution in [-0.2, 0) is 13.2 Å². The van der Waals surface area contributed by atoms with Gasteiger partial charge in [-0.1, -0.05) is 26.0 Å². The third kappa shape index (κ3) is 3.80. The normalized spacial score (nSPS) is 10.7. The van der Waals surface area contributed by atoms with Gasteiger partial charge in [0.05, 0.1) is 5.69 Å². The van der Waals surface area contributed by atoms with E-state index in [-0.39, 0.29) is 0 Å². The first-order chi connectivity index (χ1) is 9.19. The van der Waals surface area contributed by atoms with Gasteiger partial charge in [0, 0.05) is 12.7 Å². The summed E-state index contributed by atoms with van der Waals surface area (Å²) in [7, 11) is 0. The summed E-state index contributed by atoms with van der Waals surface area (Å²) in [6.45, 7) is 5.35. The molecule has 0 unspecified atom stereocenters. The van der Waals surface area contributed by atoms with Gasteiger partial charge in [-0.05, 0) is 41.3 Å². The van der Waals surface area contributed by atoms with Crippen molar-refractivity contribution < 1.29 is 4.74 Å². The zero-order valence-electron chi connectivity index (χ0n) is 11.5. The SMILES string of the molecule is CC(C)c1cccc(OCc2ccnc(CN)c2)c1. The van der Waals surface area contributed by atoms with Crippen LogP contribution in [0.25, 0.3) is 0 Å². The third-order valence-electron chi connectivity index (χ3n) is 3.02. The van der Waals surface area contributed by atoms with E-state index < -0.39 is 0 Å². The van der Waals surface area contributed by atoms with E-state index in [4.69, 9.17) is 10.5 Å². The Morgan fingerprint density at radius 1 is 1.21 bits per heavy atom. The smallest absolute Gasteiger partial charge is 0.120 e. The average Bonchev–Trinajstić information content (AvgIpc) is 2.45. The first-order valence-corrected chi connectivity index (χ1v) is 6.55. The molecule has 0 spiro atoms. The highest BCUT2D eigenvalue weighted by Crippen LogP contribution is 2.20. The molecule has 1 aromatic heterocycles. The molecule has 0 fully saturated rings. The van der Waals surface area contributed by atoms with Crippen LogP contribution in [-0.4, -0.2) is 4.98 Å². The number of ether oxygens (including phenoxy) is 1. The molecule has 0 bridgehead atoms. The highest BCUT2D eigenvalue weighted by atomic mass is 16.5. The zero-order chi connectivity index (χ0) is 13.7. The molecule has 100 valence electrons. The van der Waals surface area contributed by atoms with E-state index in [9.17, 15) is 0 Å². The Kier molecular flexibility index (Phi) is 4.53. The number of rotatable bonds is 5. The molecular weight excluding hydrogens is 236 g/mol. The van der Waals surface area contributed by atoms with Crippen molar-refractivity contribution in [3.05, 3.63) is 59.4 Å². The summed E-state index contributed by atoms with van der Waals surface area (Å²) in [5.74, 6) is 1.41. The van der Waals surface area contributed by atoms with Crippen LogP contribution in [0.3, 0.4) is 0 Å². The number of benzene rings is 1. The molecule has 2 rings (SSSR count). The number of nitrogens with zero attached hydrogens (tertiary/aromatic N) is 1. The second kappa shape index (κ2) is 6.34. The molecule has 0 aliphatic heterocycles. The van der Waals surface area contributed by atoms with Crippen molar-refractivity contribution >= 4 is 0 Å². The molecular formula is C16H20N2O. The lowest BCUT2D eigenvalue weighted by Crippen LogP contribution is -2.02. The number of nitrogens with two attached hydrogens (primary N) is 1. The lowest BCUT2D eigenvalue weighted by Gasteiger charge is -2.10. The fourth-order valence-corrected chi connectivity index (χ4v) is 1.86. The maximum Gasteiger partial charge on any atom is 0.120 e. The molecule has 0 aliphatic rings. The highest BCUT2D eigenvalue weighted by molar-refractivity contribution is 5.30. The van der Waals surface area contributed by atoms with Crippen molar-refractivity contribution in [3.63, 3.8) is 0 Å². The maximum atomic E-state index is 5.81. The monoisotopic (exact) mass is 256 g/mol. The van der Waals surface area contributed by atoms with E-state index in [0.29, 0.717) is 19.1 Å². The van der Waals surface area contributed by atoms with Gasteiger partial charge in [0.25, 0.3) is 0 Å². The van der Waals surface area contributed by atoms with Gasteiger partial charge in [0.1, 0.15) is 12.4 Å². The van der Waals surface area contributed by atoms with E-state index in [1.807, 2.05) is 24.3 Å². The Labute approximate surface area is 114 Å². The Bertz CT molecular complexity index is 538. The Morgan fingerprint density at radius 3 is 2.79 bits per heavy atom. The molecule has 3 heteroatoms. The minimum atomic E-state index is 0.455. The molecule has 0 saturated heterocycles. The summed E-state index contributed by atoms with van der Waals surface area (Å²) in [5.41, 5.74) is 8.84. The van der Waals surface area contributed by atoms with Crippen molar-refractivity contribution in [3.8, 4) is 5.75 Å². The van der Waals surface area contributed by atoms with Gasteiger partial charge in [-0.15, -0.1) is 0 Å². The summed E-state index contributed by atoms with van der Waals surface area (Å²) < 4.78 is 5.81. The van der Waals surface area contributed by atoms with Gasteiger partial charge in [-0.2, -0.15) is 0 Å². The lowest BCUT2D eigenvalue weighted by molar-refractivity contribution is 0.305. The molecule has 0 radical (unpaired) electrons. The first kappa shape index (κ1) is 13.6. The van der Waals surface area contributed by atoms with Crippen molar-refractivity contribution in [2.45, 2.75) is 32.9 Å². The fourth-order valence-electron chi connectivity index (χ4n) is 1.86. The molecule has 1 heterocycles. The topological polar surface area (TPSA) is 48.1 Å². The van der Waals surface area contributed by atoms with Crippen molar-refractivity contribution in [2.75, 3.05) is 0 Å². The van der Waals surface area contributed by atoms with E-state index >= 15 is 0 Å². The average molecular weight is 256 g/mol. The summed E-state index contributed by atoms with van der Waals surface area (Å²) in [6.07, 6.45) is 1.77. The van der Waals surface area contributed by atoms with Gasteiger partial charge >= 0.3 is 0 Å². The standard InChI is InChI=1S/C16H20N2O/c1-12(2)14-4-3-5-16(9-14)19-11-13-6-7-18-15(8-13)10-17/h3-9,12H,10-11,17H2,1-2H3. The second-order valence-electron chi connectivity index (χ2n) is 4.88. The minimum absolute atomic E-state index is 0.455. The molecule has 0 amide bonds. The Morgan fingerprint density at radius 2 is 2.05 bits per heavy atom. The van der Waals surface area contributed by atoms with E-state index in [0.717, 1.165) is 17.0 Å². The molecule has 3 nitrogen and oxygen atoms in total. The number of aromatic nitrogens is 1. The molecule has 1 aromatic carbocycles. The molecule has 0 atom stereocenters. The van der Waals surface area contributed by atoms with Crippen LogP contribution in [0.5, 0.6) is 5.75 Å². The summed E-state index contributed by atoms with van der Waals surface area (Å²) >= 11 is 0. The van der Waals surface area contributed by atoms with E-state index in [2.05, 4.69) is 31.0 Å². The number of pyridine rings is 1. The van der Waals surface area contributed by atoms with Gasteiger partial charge in [0.15, 0.2) is 0 Å². The zero-order valence-corrected chi connectivity index (χ0v) is 11.5. The van der Waals surface area contributed by atoms with Gasteiger partial charge in [-0.3, -0.25) is 4.98 Å². The third-order valence-corrected chi connectivity index (χ3v) is 3.02. The fraction of sp³-hybridized carbons (Fsp3) is 0.312. The number of hydrogen-bond acceptors (Lipinski definition) is 3. The van der Waals surface area contributed by atoms with Crippen molar-refractivity contribution in [2.24, 2.45) is 5.73 Å². The van der Waals surface area contributed by atoms with Crippen LogP contribution >= 0.6 is 0 Å². The minimum Gasteiger partial charge on any atom is -0.489 e. The van der Waals surface area contributed by atoms with Gasteiger partial charge < -0.3 is 10.5 Å². The summed E-state index contributed by atoms with van der Waals surface area (Å²) in [6, 6.07) is 12.2. The molecule has 19 heavy (non-hydrogen) atoms. The van der Waals surface area contributed by atoms with Crippen LogP contribution in [0, 0.1) is 0 Å². The quantitative estimate of drug-likeness (QED) is 0.893. The molecule has 2 aromatic rings.